The van der Waals surface area contributed by atoms with Gasteiger partial charge >= 0.3 is 0 Å². The van der Waals surface area contributed by atoms with Crippen LogP contribution in [0.25, 0.3) is 27.1 Å². The van der Waals surface area contributed by atoms with Crippen LogP contribution >= 0.6 is 11.3 Å². The van der Waals surface area contributed by atoms with Crippen molar-refractivity contribution in [3.05, 3.63) is 40.2 Å². The molecule has 2 N–H and O–H groups in total. The zero-order chi connectivity index (χ0) is 20.6. The summed E-state index contributed by atoms with van der Waals surface area (Å²) in [6.45, 7) is 11.5. The van der Waals surface area contributed by atoms with E-state index in [1.165, 1.54) is 65.0 Å². The van der Waals surface area contributed by atoms with Crippen LogP contribution in [-0.4, -0.2) is 32.7 Å². The quantitative estimate of drug-likeness (QED) is 0.459. The lowest BCUT2D eigenvalue weighted by molar-refractivity contribution is 0.129. The minimum absolute atomic E-state index is 0.452. The maximum atomic E-state index is 4.38. The molecule has 4 aromatic heterocycles. The number of pyridine rings is 1. The number of rotatable bonds is 3. The molecule has 2 fully saturated rings. The van der Waals surface area contributed by atoms with Crippen molar-refractivity contribution in [2.75, 3.05) is 13.1 Å². The molecule has 0 amide bonds. The van der Waals surface area contributed by atoms with Crippen molar-refractivity contribution in [1.82, 2.24) is 24.9 Å². The molecule has 0 radical (unpaired) electrons. The van der Waals surface area contributed by atoms with Gasteiger partial charge in [-0.2, -0.15) is 5.10 Å². The Bertz CT molecular complexity index is 1260. The molecule has 0 unspecified atom stereocenters. The topological polar surface area (TPSA) is 58.0 Å². The normalized spacial score (nSPS) is 24.0. The summed E-state index contributed by atoms with van der Waals surface area (Å²) < 4.78 is 1.89. The fourth-order valence-corrected chi connectivity index (χ4v) is 7.32. The minimum Gasteiger partial charge on any atom is -0.346 e. The minimum atomic E-state index is 0.452. The zero-order valence-corrected chi connectivity index (χ0v) is 19.0. The molecule has 0 bridgehead atoms. The summed E-state index contributed by atoms with van der Waals surface area (Å²) in [4.78, 5) is 11.1. The Hall–Kier alpha value is -2.18. The Morgan fingerprint density at radius 3 is 2.83 bits per heavy atom. The van der Waals surface area contributed by atoms with E-state index in [0.29, 0.717) is 11.3 Å². The number of nitrogens with zero attached hydrogens (tertiary/aromatic N) is 3. The first kappa shape index (κ1) is 18.6. The summed E-state index contributed by atoms with van der Waals surface area (Å²) in [5.74, 6) is 1.20. The number of aromatic amines is 1. The van der Waals surface area contributed by atoms with Crippen molar-refractivity contribution in [2.24, 2.45) is 5.41 Å². The van der Waals surface area contributed by atoms with Crippen LogP contribution in [0, 0.1) is 19.3 Å². The Kier molecular flexibility index (Phi) is 3.97. The van der Waals surface area contributed by atoms with E-state index in [4.69, 9.17) is 0 Å². The second-order valence-electron chi connectivity index (χ2n) is 9.84. The highest BCUT2D eigenvalue weighted by atomic mass is 32.1. The van der Waals surface area contributed by atoms with E-state index in [-0.39, 0.29) is 0 Å². The van der Waals surface area contributed by atoms with Gasteiger partial charge in [0, 0.05) is 28.6 Å². The number of hydrogen-bond acceptors (Lipinski definition) is 4. The Morgan fingerprint density at radius 1 is 1.27 bits per heavy atom. The lowest BCUT2D eigenvalue weighted by atomic mass is 9.61. The second-order valence-corrected chi connectivity index (χ2v) is 10.9. The number of hydrogen-bond donors (Lipinski definition) is 2. The molecule has 156 valence electrons. The smallest absolute Gasteiger partial charge is 0.158 e. The van der Waals surface area contributed by atoms with Crippen molar-refractivity contribution in [3.8, 4) is 11.3 Å². The largest absolute Gasteiger partial charge is 0.346 e. The summed E-state index contributed by atoms with van der Waals surface area (Å²) in [6, 6.07) is 2.24. The van der Waals surface area contributed by atoms with Crippen molar-refractivity contribution < 1.29 is 0 Å². The van der Waals surface area contributed by atoms with E-state index in [9.17, 15) is 0 Å². The lowest BCUT2D eigenvalue weighted by Gasteiger charge is -2.45. The van der Waals surface area contributed by atoms with Gasteiger partial charge in [-0.1, -0.05) is 13.8 Å². The SMILES string of the molecule is Cc1cc(-c2[nH]c3sc([C@H]4C[C@@]5(CCNC5)C4)c(C)c3c2C(C)C)cn2ncnc12. The Morgan fingerprint density at radius 2 is 2.10 bits per heavy atom. The average Bonchev–Trinajstić information content (AvgIpc) is 3.44. The van der Waals surface area contributed by atoms with Gasteiger partial charge in [0.2, 0.25) is 0 Å². The highest BCUT2D eigenvalue weighted by Gasteiger charge is 2.47. The van der Waals surface area contributed by atoms with E-state index in [0.717, 1.165) is 17.1 Å². The van der Waals surface area contributed by atoms with Gasteiger partial charge < -0.3 is 10.3 Å². The fraction of sp³-hybridized carbons (Fsp3) is 0.500. The third-order valence-corrected chi connectivity index (χ3v) is 8.82. The van der Waals surface area contributed by atoms with Crippen molar-refractivity contribution in [3.63, 3.8) is 0 Å². The second kappa shape index (κ2) is 6.41. The predicted octanol–water partition coefficient (Wildman–Crippen LogP) is 5.54. The molecule has 6 rings (SSSR count). The highest BCUT2D eigenvalue weighted by molar-refractivity contribution is 7.19. The maximum absolute atomic E-state index is 4.38. The van der Waals surface area contributed by atoms with Crippen LogP contribution in [0.1, 0.15) is 66.5 Å². The van der Waals surface area contributed by atoms with Gasteiger partial charge in [0.25, 0.3) is 0 Å². The van der Waals surface area contributed by atoms with Crippen LogP contribution < -0.4 is 5.32 Å². The van der Waals surface area contributed by atoms with Gasteiger partial charge in [0.15, 0.2) is 5.65 Å². The standard InChI is InChI=1S/C24H29N5S/c1-13(2)18-19-15(4)21(17-8-24(9-17)5-6-25-11-24)30-23(19)28-20(18)16-7-14(3)22-26-12-27-29(22)10-16/h7,10,12-13,17,25,28H,5-6,8-9,11H2,1-4H3/t17-,24-. The number of H-pyrrole nitrogens is 1. The van der Waals surface area contributed by atoms with Crippen LogP contribution in [0.3, 0.4) is 0 Å². The van der Waals surface area contributed by atoms with Gasteiger partial charge in [-0.05, 0) is 79.7 Å². The summed E-state index contributed by atoms with van der Waals surface area (Å²) in [5, 5.41) is 9.41. The summed E-state index contributed by atoms with van der Waals surface area (Å²) in [7, 11) is 0. The molecule has 1 saturated carbocycles. The molecule has 5 nitrogen and oxygen atoms in total. The van der Waals surface area contributed by atoms with Crippen LogP contribution in [0.4, 0.5) is 0 Å². The lowest BCUT2D eigenvalue weighted by Crippen LogP contribution is -2.37. The zero-order valence-electron chi connectivity index (χ0n) is 18.2. The predicted molar refractivity (Wildman–Crippen MR) is 124 cm³/mol. The number of aromatic nitrogens is 4. The number of aryl methyl sites for hydroxylation is 2. The van der Waals surface area contributed by atoms with Crippen molar-refractivity contribution in [2.45, 2.75) is 58.8 Å². The molecule has 1 spiro atoms. The molecular weight excluding hydrogens is 390 g/mol. The number of fused-ring (bicyclic) bond motifs is 2. The molecule has 0 atom stereocenters. The molecular formula is C24H29N5S. The molecule has 1 aliphatic carbocycles. The number of thiophene rings is 1. The maximum Gasteiger partial charge on any atom is 0.158 e. The van der Waals surface area contributed by atoms with Crippen molar-refractivity contribution in [1.29, 1.82) is 0 Å². The van der Waals surface area contributed by atoms with Crippen LogP contribution in [0.2, 0.25) is 0 Å². The third kappa shape index (κ3) is 2.56. The van der Waals surface area contributed by atoms with Gasteiger partial charge in [-0.15, -0.1) is 11.3 Å². The summed E-state index contributed by atoms with van der Waals surface area (Å²) >= 11 is 2.00. The van der Waals surface area contributed by atoms with Crippen LogP contribution in [-0.2, 0) is 0 Å². The van der Waals surface area contributed by atoms with E-state index in [2.05, 4.69) is 60.3 Å². The Labute approximate surface area is 180 Å². The van der Waals surface area contributed by atoms with E-state index >= 15 is 0 Å². The van der Waals surface area contributed by atoms with E-state index in [1.807, 2.05) is 15.9 Å². The first-order valence-corrected chi connectivity index (χ1v) is 11.9. The highest BCUT2D eigenvalue weighted by Crippen LogP contribution is 2.57. The van der Waals surface area contributed by atoms with Gasteiger partial charge in [-0.25, -0.2) is 9.50 Å². The van der Waals surface area contributed by atoms with Crippen LogP contribution in [0.5, 0.6) is 0 Å². The fourth-order valence-electron chi connectivity index (χ4n) is 5.99. The summed E-state index contributed by atoms with van der Waals surface area (Å²) in [5.41, 5.74) is 8.05. The summed E-state index contributed by atoms with van der Waals surface area (Å²) in [6.07, 6.45) is 7.81. The van der Waals surface area contributed by atoms with Crippen molar-refractivity contribution >= 4 is 27.2 Å². The molecule has 4 aromatic rings. The third-order valence-electron chi connectivity index (χ3n) is 7.45. The molecule has 30 heavy (non-hydrogen) atoms. The molecule has 1 aliphatic heterocycles. The van der Waals surface area contributed by atoms with E-state index in [1.54, 1.807) is 11.2 Å². The molecule has 1 saturated heterocycles. The average molecular weight is 420 g/mol. The molecule has 0 aromatic carbocycles. The first-order valence-electron chi connectivity index (χ1n) is 11.1. The molecule has 2 aliphatic rings. The monoisotopic (exact) mass is 419 g/mol. The Balaban J connectivity index is 1.45. The van der Waals surface area contributed by atoms with Gasteiger partial charge in [0.1, 0.15) is 11.2 Å². The molecule has 5 heterocycles. The van der Waals surface area contributed by atoms with Gasteiger partial charge in [0.05, 0.1) is 5.69 Å². The molecule has 6 heteroatoms. The number of nitrogens with one attached hydrogen (secondary N) is 2. The van der Waals surface area contributed by atoms with Crippen LogP contribution in [0.15, 0.2) is 18.6 Å². The van der Waals surface area contributed by atoms with Gasteiger partial charge in [-0.3, -0.25) is 0 Å². The first-order chi connectivity index (χ1) is 14.5. The van der Waals surface area contributed by atoms with E-state index < -0.39 is 0 Å².